The first-order valence-corrected chi connectivity index (χ1v) is 13.5. The summed E-state index contributed by atoms with van der Waals surface area (Å²) in [5, 5.41) is 12.6. The minimum Gasteiger partial charge on any atom is -0.463 e. The Bertz CT molecular complexity index is 1390. The van der Waals surface area contributed by atoms with E-state index in [0.29, 0.717) is 4.57 Å². The highest BCUT2D eigenvalue weighted by atomic mass is 35.5. The Hall–Kier alpha value is -2.94. The SMILES string of the molecule is [2H]C([2H])(O[P@@](=O)(C[C@@H](C)C(=O)OC(C)C)Oc1ccccc1)[C@H]1O[C@@H](n2ccc(N)nc2=O)C(F)(C#CCl)[C@H]1O. The van der Waals surface area contributed by atoms with Gasteiger partial charge in [-0.15, -0.1) is 0 Å². The van der Waals surface area contributed by atoms with Crippen LogP contribution in [0.3, 0.4) is 0 Å². The zero-order valence-corrected chi connectivity index (χ0v) is 22.3. The molecule has 1 aliphatic rings. The number of carbonyl (C=O) groups is 1. The average molecular weight is 574 g/mol. The highest BCUT2D eigenvalue weighted by Gasteiger charge is 2.58. The first-order valence-electron chi connectivity index (χ1n) is 12.4. The molecule has 1 unspecified atom stereocenters. The Labute approximate surface area is 226 Å². The summed E-state index contributed by atoms with van der Waals surface area (Å²) < 4.78 is 69.1. The summed E-state index contributed by atoms with van der Waals surface area (Å²) >= 11 is 5.41. The van der Waals surface area contributed by atoms with Gasteiger partial charge in [0.2, 0.25) is 5.67 Å². The topological polar surface area (TPSA) is 152 Å². The minimum absolute atomic E-state index is 0.0178. The molecule has 206 valence electrons. The lowest BCUT2D eigenvalue weighted by molar-refractivity contribution is -0.151. The molecule has 11 nitrogen and oxygen atoms in total. The third kappa shape index (κ3) is 6.92. The van der Waals surface area contributed by atoms with Crippen LogP contribution in [0.2, 0.25) is 0 Å². The molecule has 1 aromatic carbocycles. The molecule has 3 N–H and O–H groups in total. The highest BCUT2D eigenvalue weighted by molar-refractivity contribution is 7.54. The zero-order chi connectivity index (χ0) is 29.9. The van der Waals surface area contributed by atoms with Crippen LogP contribution in [-0.4, -0.2) is 57.3 Å². The van der Waals surface area contributed by atoms with Gasteiger partial charge in [0.05, 0.1) is 27.5 Å². The van der Waals surface area contributed by atoms with Gasteiger partial charge in [-0.05, 0) is 49.6 Å². The molecule has 3 rings (SSSR count). The number of aliphatic hydroxyl groups excluding tert-OH is 1. The third-order valence-electron chi connectivity index (χ3n) is 5.24. The monoisotopic (exact) mass is 573 g/mol. The summed E-state index contributed by atoms with van der Waals surface area (Å²) in [7, 11) is -4.61. The van der Waals surface area contributed by atoms with Crippen LogP contribution in [0.4, 0.5) is 10.2 Å². The molecule has 2 aromatic rings. The number of para-hydroxylation sites is 1. The molecule has 38 heavy (non-hydrogen) atoms. The molecule has 1 aromatic heterocycles. The highest BCUT2D eigenvalue weighted by Crippen LogP contribution is 2.51. The summed E-state index contributed by atoms with van der Waals surface area (Å²) in [6.45, 7) is 1.37. The van der Waals surface area contributed by atoms with Crippen LogP contribution in [0.25, 0.3) is 0 Å². The van der Waals surface area contributed by atoms with E-state index in [0.717, 1.165) is 12.3 Å². The average Bonchev–Trinajstić information content (AvgIpc) is 3.10. The van der Waals surface area contributed by atoms with Crippen LogP contribution in [-0.2, 0) is 23.4 Å². The number of anilines is 1. The van der Waals surface area contributed by atoms with Crippen molar-refractivity contribution in [2.75, 3.05) is 18.5 Å². The van der Waals surface area contributed by atoms with E-state index >= 15 is 4.39 Å². The maximum atomic E-state index is 16.1. The maximum absolute atomic E-state index is 16.1. The second-order valence-corrected chi connectivity index (χ2v) is 10.8. The van der Waals surface area contributed by atoms with Crippen LogP contribution in [0.5, 0.6) is 5.75 Å². The molecular formula is C24H28ClFN3O8P. The van der Waals surface area contributed by atoms with Gasteiger partial charge >= 0.3 is 19.3 Å². The molecule has 0 bridgehead atoms. The Kier molecular flexibility index (Phi) is 8.61. The third-order valence-corrected chi connectivity index (χ3v) is 7.20. The summed E-state index contributed by atoms with van der Waals surface area (Å²) in [5.74, 6) is -0.101. The van der Waals surface area contributed by atoms with E-state index in [1.165, 1.54) is 19.1 Å². The van der Waals surface area contributed by atoms with Gasteiger partial charge in [-0.25, -0.2) is 13.8 Å². The molecule has 0 spiro atoms. The normalized spacial score (nSPS) is 26.3. The van der Waals surface area contributed by atoms with E-state index in [4.69, 9.17) is 38.6 Å². The van der Waals surface area contributed by atoms with Gasteiger partial charge < -0.3 is 24.8 Å². The van der Waals surface area contributed by atoms with Crippen LogP contribution in [0, 0.1) is 17.2 Å². The van der Waals surface area contributed by atoms with Gasteiger partial charge in [-0.1, -0.05) is 25.1 Å². The molecule has 0 amide bonds. The van der Waals surface area contributed by atoms with E-state index in [2.05, 4.69) is 4.98 Å². The Morgan fingerprint density at radius 2 is 2.08 bits per heavy atom. The second-order valence-electron chi connectivity index (χ2n) is 8.68. The number of aliphatic hydroxyl groups is 1. The molecule has 0 radical (unpaired) electrons. The van der Waals surface area contributed by atoms with Crippen LogP contribution < -0.4 is 15.9 Å². The number of ether oxygens (including phenoxy) is 2. The number of rotatable bonds is 10. The summed E-state index contributed by atoms with van der Waals surface area (Å²) in [6.07, 6.45) is -6.83. The van der Waals surface area contributed by atoms with Crippen molar-refractivity contribution in [1.29, 1.82) is 0 Å². The number of halogens is 2. The first-order chi connectivity index (χ1) is 18.6. The second kappa shape index (κ2) is 12.3. The van der Waals surface area contributed by atoms with Crippen LogP contribution in [0.1, 0.15) is 29.7 Å². The van der Waals surface area contributed by atoms with Gasteiger partial charge in [0.1, 0.15) is 23.8 Å². The Balaban J connectivity index is 1.99. The van der Waals surface area contributed by atoms with E-state index in [9.17, 15) is 19.3 Å². The molecule has 1 fully saturated rings. The summed E-state index contributed by atoms with van der Waals surface area (Å²) in [6, 6.07) is 8.74. The van der Waals surface area contributed by atoms with Crippen molar-refractivity contribution in [3.8, 4) is 17.0 Å². The number of hydrogen-bond acceptors (Lipinski definition) is 10. The van der Waals surface area contributed by atoms with E-state index in [1.807, 2.05) is 5.92 Å². The van der Waals surface area contributed by atoms with Gasteiger partial charge in [0.15, 0.2) is 6.23 Å². The fourth-order valence-electron chi connectivity index (χ4n) is 3.48. The Morgan fingerprint density at radius 1 is 1.39 bits per heavy atom. The number of alkyl halides is 1. The van der Waals surface area contributed by atoms with Crippen molar-refractivity contribution in [3.05, 3.63) is 53.1 Å². The maximum Gasteiger partial charge on any atom is 0.380 e. The Morgan fingerprint density at radius 3 is 2.68 bits per heavy atom. The van der Waals surface area contributed by atoms with E-state index < -0.39 is 68.1 Å². The minimum atomic E-state index is -4.61. The van der Waals surface area contributed by atoms with Gasteiger partial charge in [-0.3, -0.25) is 13.9 Å². The molecule has 2 heterocycles. The van der Waals surface area contributed by atoms with Crippen molar-refractivity contribution in [2.45, 2.75) is 51.0 Å². The fourth-order valence-corrected chi connectivity index (χ4v) is 5.34. The van der Waals surface area contributed by atoms with E-state index in [1.54, 1.807) is 37.4 Å². The lowest BCUT2D eigenvalue weighted by Crippen LogP contribution is -2.44. The van der Waals surface area contributed by atoms with Crippen LogP contribution >= 0.6 is 19.2 Å². The van der Waals surface area contributed by atoms with Gasteiger partial charge in [0, 0.05) is 11.6 Å². The number of nitrogens with zero attached hydrogens (tertiary/aromatic N) is 2. The summed E-state index contributed by atoms with van der Waals surface area (Å²) in [4.78, 5) is 28.3. The van der Waals surface area contributed by atoms with E-state index in [-0.39, 0.29) is 11.6 Å². The number of nitrogens with two attached hydrogens (primary N) is 1. The van der Waals surface area contributed by atoms with Crippen molar-refractivity contribution < 1.29 is 40.1 Å². The standard InChI is InChI=1S/C24H28ClFN3O8P/c1-15(2)35-21(31)16(3)14-38(33,37-17-7-5-4-6-8-17)34-13-18-20(30)24(26,10-11-25)22(36-18)29-12-9-19(27)28-23(29)32/h4-9,12,15-16,18,20,22,30H,13-14H2,1-3H3,(H2,27,28,32)/t16-,18-,20+,22-,24?,38+/m1/s1/i13D2. The largest absolute Gasteiger partial charge is 0.463 e. The number of hydrogen-bond donors (Lipinski definition) is 2. The number of carbonyl (C=O) groups excluding carboxylic acids is 1. The molecule has 6 atom stereocenters. The van der Waals surface area contributed by atoms with Crippen molar-refractivity contribution in [3.63, 3.8) is 0 Å². The lowest BCUT2D eigenvalue weighted by atomic mass is 9.97. The molecule has 0 saturated carbocycles. The number of nitrogen functional groups attached to an aromatic ring is 1. The molecule has 1 aliphatic heterocycles. The first kappa shape index (κ1) is 26.7. The predicted octanol–water partition coefficient (Wildman–Crippen LogP) is 2.87. The number of benzene rings is 1. The molecule has 14 heteroatoms. The fraction of sp³-hybridized carbons (Fsp3) is 0.458. The number of aromatic nitrogens is 2. The van der Waals surface area contributed by atoms with Crippen molar-refractivity contribution >= 4 is 31.0 Å². The molecule has 0 aliphatic carbocycles. The van der Waals surface area contributed by atoms with Crippen LogP contribution in [0.15, 0.2) is 47.4 Å². The van der Waals surface area contributed by atoms with Crippen molar-refractivity contribution in [1.82, 2.24) is 9.55 Å². The summed E-state index contributed by atoms with van der Waals surface area (Å²) in [5.41, 5.74) is 1.24. The van der Waals surface area contributed by atoms with Crippen molar-refractivity contribution in [2.24, 2.45) is 5.92 Å². The van der Waals surface area contributed by atoms with Gasteiger partial charge in [-0.2, -0.15) is 4.98 Å². The van der Waals surface area contributed by atoms with Gasteiger partial charge in [0.25, 0.3) is 0 Å². The quantitative estimate of drug-likeness (QED) is 0.246. The zero-order valence-electron chi connectivity index (χ0n) is 22.6. The lowest BCUT2D eigenvalue weighted by Gasteiger charge is -2.24. The molecular weight excluding hydrogens is 544 g/mol. The predicted molar refractivity (Wildman–Crippen MR) is 136 cm³/mol. The smallest absolute Gasteiger partial charge is 0.380 e. The number of esters is 1. The molecule has 1 saturated heterocycles.